The molecule has 1 N–H and O–H groups in total. The van der Waals surface area contributed by atoms with E-state index in [-0.39, 0.29) is 11.6 Å². The standard InChI is InChI=1S/C25H34N6O/c1-17-14-18(2)22-19(15-17)16-21(25(32)26-22)23(30-12-8-3-4-9-13-30)24-27-28-29-31(24)20-10-6-5-7-11-20/h14-16,20,23H,3-13H2,1-2H3,(H,26,32). The summed E-state index contributed by atoms with van der Waals surface area (Å²) in [4.78, 5) is 19.1. The third-order valence-corrected chi connectivity index (χ3v) is 7.31. The number of H-pyrrole nitrogens is 1. The Balaban J connectivity index is 1.65. The summed E-state index contributed by atoms with van der Waals surface area (Å²) in [6.07, 6.45) is 10.7. The van der Waals surface area contributed by atoms with E-state index in [1.165, 1.54) is 37.7 Å². The molecular weight excluding hydrogens is 400 g/mol. The molecule has 5 rings (SSSR count). The Morgan fingerprint density at radius 3 is 2.44 bits per heavy atom. The molecule has 2 fully saturated rings. The predicted octanol–water partition coefficient (Wildman–Crippen LogP) is 4.60. The van der Waals surface area contributed by atoms with Crippen LogP contribution in [0.5, 0.6) is 0 Å². The SMILES string of the molecule is Cc1cc(C)c2[nH]c(=O)c(C(c3nnnn3C3CCCCC3)N3CCCCCC3)cc2c1. The van der Waals surface area contributed by atoms with Crippen molar-refractivity contribution in [3.05, 3.63) is 51.1 Å². The van der Waals surface area contributed by atoms with Crippen LogP contribution >= 0.6 is 0 Å². The molecule has 1 saturated heterocycles. The van der Waals surface area contributed by atoms with Crippen LogP contribution < -0.4 is 5.56 Å². The third-order valence-electron chi connectivity index (χ3n) is 7.31. The maximum Gasteiger partial charge on any atom is 0.253 e. The zero-order chi connectivity index (χ0) is 22.1. The number of pyridine rings is 1. The second kappa shape index (κ2) is 9.14. The summed E-state index contributed by atoms with van der Waals surface area (Å²) < 4.78 is 2.04. The minimum Gasteiger partial charge on any atom is -0.321 e. The highest BCUT2D eigenvalue weighted by atomic mass is 16.1. The Kier molecular flexibility index (Phi) is 6.09. The Labute approximate surface area is 189 Å². The van der Waals surface area contributed by atoms with E-state index >= 15 is 0 Å². The molecule has 1 unspecified atom stereocenters. The van der Waals surface area contributed by atoms with Gasteiger partial charge in [-0.05, 0) is 86.1 Å². The van der Waals surface area contributed by atoms with Crippen molar-refractivity contribution in [3.63, 3.8) is 0 Å². The molecule has 1 saturated carbocycles. The van der Waals surface area contributed by atoms with Crippen LogP contribution in [0, 0.1) is 13.8 Å². The van der Waals surface area contributed by atoms with Gasteiger partial charge in [-0.3, -0.25) is 9.69 Å². The summed E-state index contributed by atoms with van der Waals surface area (Å²) in [6.45, 7) is 6.09. The summed E-state index contributed by atoms with van der Waals surface area (Å²) in [5.41, 5.74) is 3.95. The molecule has 0 radical (unpaired) electrons. The maximum atomic E-state index is 13.5. The first-order valence-corrected chi connectivity index (χ1v) is 12.3. The second-order valence-electron chi connectivity index (χ2n) is 9.73. The van der Waals surface area contributed by atoms with Crippen LogP contribution in [0.4, 0.5) is 0 Å². The summed E-state index contributed by atoms with van der Waals surface area (Å²) in [5, 5.41) is 14.2. The number of hydrogen-bond acceptors (Lipinski definition) is 5. The zero-order valence-corrected chi connectivity index (χ0v) is 19.3. The number of nitrogens with one attached hydrogen (secondary N) is 1. The first kappa shape index (κ1) is 21.3. The van der Waals surface area contributed by atoms with Gasteiger partial charge < -0.3 is 4.98 Å². The van der Waals surface area contributed by atoms with Gasteiger partial charge in [-0.1, -0.05) is 43.7 Å². The van der Waals surface area contributed by atoms with Crippen molar-refractivity contribution < 1.29 is 0 Å². The zero-order valence-electron chi connectivity index (χ0n) is 19.3. The van der Waals surface area contributed by atoms with Gasteiger partial charge in [0.05, 0.1) is 11.6 Å². The highest BCUT2D eigenvalue weighted by Crippen LogP contribution is 2.34. The lowest BCUT2D eigenvalue weighted by atomic mass is 9.95. The second-order valence-corrected chi connectivity index (χ2v) is 9.73. The largest absolute Gasteiger partial charge is 0.321 e. The Morgan fingerprint density at radius 1 is 0.969 bits per heavy atom. The molecule has 32 heavy (non-hydrogen) atoms. The first-order valence-electron chi connectivity index (χ1n) is 12.3. The van der Waals surface area contributed by atoms with Crippen LogP contribution in [0.25, 0.3) is 10.9 Å². The lowest BCUT2D eigenvalue weighted by Crippen LogP contribution is -2.36. The topological polar surface area (TPSA) is 79.7 Å². The van der Waals surface area contributed by atoms with Gasteiger partial charge in [-0.25, -0.2) is 4.68 Å². The molecule has 1 aromatic carbocycles. The van der Waals surface area contributed by atoms with Crippen molar-refractivity contribution in [2.75, 3.05) is 13.1 Å². The minimum absolute atomic E-state index is 0.0307. The van der Waals surface area contributed by atoms with Crippen molar-refractivity contribution in [1.29, 1.82) is 0 Å². The lowest BCUT2D eigenvalue weighted by molar-refractivity contribution is 0.210. The molecule has 7 heteroatoms. The van der Waals surface area contributed by atoms with E-state index in [0.29, 0.717) is 6.04 Å². The van der Waals surface area contributed by atoms with Crippen molar-refractivity contribution >= 4 is 10.9 Å². The monoisotopic (exact) mass is 434 g/mol. The molecule has 0 spiro atoms. The van der Waals surface area contributed by atoms with Crippen molar-refractivity contribution in [1.82, 2.24) is 30.1 Å². The number of fused-ring (bicyclic) bond motifs is 1. The van der Waals surface area contributed by atoms with Crippen LogP contribution in [0.3, 0.4) is 0 Å². The van der Waals surface area contributed by atoms with E-state index in [2.05, 4.69) is 57.5 Å². The Hall–Kier alpha value is -2.54. The summed E-state index contributed by atoms with van der Waals surface area (Å²) in [5.74, 6) is 0.827. The Bertz CT molecular complexity index is 1140. The average molecular weight is 435 g/mol. The maximum absolute atomic E-state index is 13.5. The fraction of sp³-hybridized carbons (Fsp3) is 0.600. The quantitative estimate of drug-likeness (QED) is 0.649. The van der Waals surface area contributed by atoms with E-state index in [9.17, 15) is 4.79 Å². The normalized spacial score (nSPS) is 19.8. The molecule has 0 bridgehead atoms. The molecule has 3 heterocycles. The number of aromatic amines is 1. The Morgan fingerprint density at radius 2 is 1.69 bits per heavy atom. The summed E-state index contributed by atoms with van der Waals surface area (Å²) >= 11 is 0. The van der Waals surface area contributed by atoms with Gasteiger partial charge in [0.2, 0.25) is 0 Å². The van der Waals surface area contributed by atoms with Gasteiger partial charge in [-0.2, -0.15) is 0 Å². The fourth-order valence-electron chi connectivity index (χ4n) is 5.73. The van der Waals surface area contributed by atoms with Crippen LogP contribution in [-0.2, 0) is 0 Å². The molecule has 3 aromatic rings. The summed E-state index contributed by atoms with van der Waals surface area (Å²) in [6, 6.07) is 6.47. The van der Waals surface area contributed by atoms with E-state index < -0.39 is 0 Å². The molecule has 1 atom stereocenters. The molecule has 2 aromatic heterocycles. The number of aromatic nitrogens is 5. The number of likely N-dealkylation sites (tertiary alicyclic amines) is 1. The third kappa shape index (κ3) is 4.10. The number of rotatable bonds is 4. The van der Waals surface area contributed by atoms with Gasteiger partial charge in [0, 0.05) is 5.56 Å². The number of hydrogen-bond donors (Lipinski definition) is 1. The first-order chi connectivity index (χ1) is 15.6. The van der Waals surface area contributed by atoms with E-state index in [1.54, 1.807) is 0 Å². The van der Waals surface area contributed by atoms with Crippen LogP contribution in [-0.4, -0.2) is 43.2 Å². The molecule has 7 nitrogen and oxygen atoms in total. The molecular formula is C25H34N6O. The molecule has 1 aliphatic carbocycles. The van der Waals surface area contributed by atoms with Crippen LogP contribution in [0.1, 0.15) is 92.4 Å². The predicted molar refractivity (Wildman–Crippen MR) is 126 cm³/mol. The van der Waals surface area contributed by atoms with Crippen molar-refractivity contribution in [2.24, 2.45) is 0 Å². The van der Waals surface area contributed by atoms with Gasteiger partial charge in [0.25, 0.3) is 5.56 Å². The summed E-state index contributed by atoms with van der Waals surface area (Å²) in [7, 11) is 0. The smallest absolute Gasteiger partial charge is 0.253 e. The highest BCUT2D eigenvalue weighted by Gasteiger charge is 2.33. The van der Waals surface area contributed by atoms with Gasteiger partial charge in [0.15, 0.2) is 5.82 Å². The van der Waals surface area contributed by atoms with E-state index in [0.717, 1.165) is 66.6 Å². The molecule has 1 aliphatic heterocycles. The van der Waals surface area contributed by atoms with Crippen molar-refractivity contribution in [3.8, 4) is 0 Å². The van der Waals surface area contributed by atoms with E-state index in [4.69, 9.17) is 0 Å². The number of tetrazole rings is 1. The van der Waals surface area contributed by atoms with Crippen LogP contribution in [0.2, 0.25) is 0 Å². The van der Waals surface area contributed by atoms with Gasteiger partial charge in [0.1, 0.15) is 6.04 Å². The molecule has 0 amide bonds. The van der Waals surface area contributed by atoms with Gasteiger partial charge >= 0.3 is 0 Å². The number of nitrogens with zero attached hydrogens (tertiary/aromatic N) is 5. The number of benzene rings is 1. The van der Waals surface area contributed by atoms with E-state index in [1.807, 2.05) is 4.68 Å². The highest BCUT2D eigenvalue weighted by molar-refractivity contribution is 5.83. The number of aryl methyl sites for hydroxylation is 2. The molecule has 2 aliphatic rings. The van der Waals surface area contributed by atoms with Crippen molar-refractivity contribution in [2.45, 2.75) is 83.7 Å². The van der Waals surface area contributed by atoms with Gasteiger partial charge in [-0.15, -0.1) is 5.10 Å². The molecule has 170 valence electrons. The van der Waals surface area contributed by atoms with Crippen LogP contribution in [0.15, 0.2) is 23.0 Å². The lowest BCUT2D eigenvalue weighted by Gasteiger charge is -2.31. The average Bonchev–Trinajstić information content (AvgIpc) is 3.11. The fourth-order valence-corrected chi connectivity index (χ4v) is 5.73. The minimum atomic E-state index is -0.223.